The third kappa shape index (κ3) is 5.45. The van der Waals surface area contributed by atoms with Gasteiger partial charge < -0.3 is 9.26 Å². The van der Waals surface area contributed by atoms with Crippen LogP contribution in [0.3, 0.4) is 0 Å². The summed E-state index contributed by atoms with van der Waals surface area (Å²) in [5.41, 5.74) is 0.896. The Bertz CT molecular complexity index is 464. The zero-order valence-corrected chi connectivity index (χ0v) is 13.1. The van der Waals surface area contributed by atoms with Crippen LogP contribution in [0.25, 0.3) is 0 Å². The first-order chi connectivity index (χ1) is 9.50. The fourth-order valence-corrected chi connectivity index (χ4v) is 3.84. The molecule has 0 aliphatic carbocycles. The molecular weight excluding hydrogens is 277 g/mol. The van der Waals surface area contributed by atoms with E-state index in [-0.39, 0.29) is 6.16 Å². The molecule has 0 saturated carbocycles. The van der Waals surface area contributed by atoms with Crippen molar-refractivity contribution in [3.05, 3.63) is 35.9 Å². The number of carbonyl (C=O) groups is 1. The monoisotopic (exact) mass is 299 g/mol. The van der Waals surface area contributed by atoms with Crippen LogP contribution in [-0.2, 0) is 24.8 Å². The van der Waals surface area contributed by atoms with Crippen molar-refractivity contribution in [2.24, 2.45) is 0 Å². The van der Waals surface area contributed by atoms with Gasteiger partial charge in [-0.15, -0.1) is 0 Å². The molecule has 0 spiro atoms. The van der Waals surface area contributed by atoms with Crippen molar-refractivity contribution >= 4 is 13.5 Å². The molecule has 0 bridgehead atoms. The number of hydrogen-bond acceptors (Lipinski definition) is 4. The van der Waals surface area contributed by atoms with Crippen LogP contribution in [0.4, 0.5) is 0 Å². The van der Waals surface area contributed by atoms with Gasteiger partial charge in [0.1, 0.15) is 6.04 Å². The molecule has 0 heterocycles. The lowest BCUT2D eigenvalue weighted by atomic mass is 10.2. The van der Waals surface area contributed by atoms with E-state index in [0.29, 0.717) is 13.2 Å². The van der Waals surface area contributed by atoms with E-state index in [1.807, 2.05) is 30.3 Å². The van der Waals surface area contributed by atoms with E-state index in [9.17, 15) is 9.36 Å². The minimum atomic E-state index is -3.13. The van der Waals surface area contributed by atoms with Crippen molar-refractivity contribution in [2.45, 2.75) is 33.0 Å². The zero-order chi connectivity index (χ0) is 15.0. The van der Waals surface area contributed by atoms with Gasteiger partial charge in [0.15, 0.2) is 0 Å². The van der Waals surface area contributed by atoms with Gasteiger partial charge in [-0.2, -0.15) is 0 Å². The number of ether oxygens (including phenoxy) is 1. The van der Waals surface area contributed by atoms with E-state index >= 15 is 0 Å². The van der Waals surface area contributed by atoms with Gasteiger partial charge in [-0.3, -0.25) is 9.36 Å². The Morgan fingerprint density at radius 2 is 1.90 bits per heavy atom. The van der Waals surface area contributed by atoms with Crippen LogP contribution in [-0.4, -0.2) is 25.2 Å². The fraction of sp³-hybridized carbons (Fsp3) is 0.500. The molecule has 5 nitrogen and oxygen atoms in total. The van der Waals surface area contributed by atoms with E-state index in [1.165, 1.54) is 0 Å². The van der Waals surface area contributed by atoms with Gasteiger partial charge in [0.25, 0.3) is 7.52 Å². The lowest BCUT2D eigenvalue weighted by Crippen LogP contribution is -2.34. The molecular formula is C14H22NO4P. The standard InChI is InChI=1S/C14H22NO4P/c1-4-18-14(16)12(3)15-20(17,19-5-2)11-13-9-7-6-8-10-13/h6-10,12H,4-5,11H2,1-3H3,(H,15,17). The molecule has 0 aliphatic rings. The summed E-state index contributed by atoms with van der Waals surface area (Å²) in [4.78, 5) is 11.6. The lowest BCUT2D eigenvalue weighted by molar-refractivity contribution is -0.144. The Kier molecular flexibility index (Phi) is 6.93. The highest BCUT2D eigenvalue weighted by Gasteiger charge is 2.28. The topological polar surface area (TPSA) is 64.6 Å². The summed E-state index contributed by atoms with van der Waals surface area (Å²) < 4.78 is 23.0. The summed E-state index contributed by atoms with van der Waals surface area (Å²) in [6.45, 7) is 5.73. The quantitative estimate of drug-likeness (QED) is 0.590. The molecule has 1 rings (SSSR count). The average Bonchev–Trinajstić information content (AvgIpc) is 2.40. The molecule has 0 saturated heterocycles. The van der Waals surface area contributed by atoms with E-state index in [1.54, 1.807) is 20.8 Å². The Hall–Kier alpha value is -1.16. The number of hydrogen-bond donors (Lipinski definition) is 1. The van der Waals surface area contributed by atoms with Crippen LogP contribution in [0.1, 0.15) is 26.3 Å². The number of benzene rings is 1. The smallest absolute Gasteiger partial charge is 0.323 e. The van der Waals surface area contributed by atoms with Crippen LogP contribution >= 0.6 is 7.52 Å². The van der Waals surface area contributed by atoms with E-state index in [0.717, 1.165) is 5.56 Å². The van der Waals surface area contributed by atoms with Gasteiger partial charge in [0, 0.05) is 0 Å². The SMILES string of the molecule is CCOC(=O)C(C)NP(=O)(Cc1ccccc1)OCC. The van der Waals surface area contributed by atoms with Gasteiger partial charge in [0.05, 0.1) is 19.4 Å². The molecule has 2 atom stereocenters. The van der Waals surface area contributed by atoms with Crippen LogP contribution in [0.15, 0.2) is 30.3 Å². The van der Waals surface area contributed by atoms with Crippen molar-refractivity contribution in [2.75, 3.05) is 13.2 Å². The van der Waals surface area contributed by atoms with Crippen LogP contribution in [0, 0.1) is 0 Å². The molecule has 1 N–H and O–H groups in total. The van der Waals surface area contributed by atoms with Crippen molar-refractivity contribution in [1.82, 2.24) is 5.09 Å². The molecule has 0 aliphatic heterocycles. The highest BCUT2D eigenvalue weighted by atomic mass is 31.2. The van der Waals surface area contributed by atoms with Crippen molar-refractivity contribution in [1.29, 1.82) is 0 Å². The number of carbonyl (C=O) groups excluding carboxylic acids is 1. The number of esters is 1. The van der Waals surface area contributed by atoms with Crippen molar-refractivity contribution < 1.29 is 18.6 Å². The predicted molar refractivity (Wildman–Crippen MR) is 78.6 cm³/mol. The lowest BCUT2D eigenvalue weighted by Gasteiger charge is -2.22. The Balaban J connectivity index is 2.76. The van der Waals surface area contributed by atoms with Gasteiger partial charge in [-0.05, 0) is 26.3 Å². The predicted octanol–water partition coefficient (Wildman–Crippen LogP) is 2.96. The highest BCUT2D eigenvalue weighted by Crippen LogP contribution is 2.46. The maximum Gasteiger partial charge on any atom is 0.323 e. The van der Waals surface area contributed by atoms with Gasteiger partial charge in [-0.1, -0.05) is 30.3 Å². The molecule has 0 fully saturated rings. The van der Waals surface area contributed by atoms with Crippen LogP contribution in [0.2, 0.25) is 0 Å². The normalized spacial score (nSPS) is 15.3. The number of nitrogens with one attached hydrogen (secondary N) is 1. The van der Waals surface area contributed by atoms with Gasteiger partial charge in [0.2, 0.25) is 0 Å². The van der Waals surface area contributed by atoms with Gasteiger partial charge >= 0.3 is 5.97 Å². The highest BCUT2D eigenvalue weighted by molar-refractivity contribution is 7.56. The molecule has 0 aromatic heterocycles. The Labute approximate surface area is 120 Å². The average molecular weight is 299 g/mol. The van der Waals surface area contributed by atoms with E-state index in [4.69, 9.17) is 9.26 Å². The molecule has 6 heteroatoms. The Morgan fingerprint density at radius 3 is 2.45 bits per heavy atom. The zero-order valence-electron chi connectivity index (χ0n) is 12.2. The summed E-state index contributed by atoms with van der Waals surface area (Å²) in [6.07, 6.45) is 0.241. The van der Waals surface area contributed by atoms with Crippen LogP contribution in [0.5, 0.6) is 0 Å². The summed E-state index contributed by atoms with van der Waals surface area (Å²) in [5, 5.41) is 2.79. The summed E-state index contributed by atoms with van der Waals surface area (Å²) >= 11 is 0. The maximum absolute atomic E-state index is 12.8. The second kappa shape index (κ2) is 8.20. The minimum Gasteiger partial charge on any atom is -0.465 e. The summed E-state index contributed by atoms with van der Waals surface area (Å²) in [6, 6.07) is 8.73. The molecule has 0 radical (unpaired) electrons. The maximum atomic E-state index is 12.8. The molecule has 1 aromatic rings. The summed E-state index contributed by atoms with van der Waals surface area (Å²) in [7, 11) is -3.13. The van der Waals surface area contributed by atoms with E-state index in [2.05, 4.69) is 5.09 Å². The molecule has 0 amide bonds. The molecule has 2 unspecified atom stereocenters. The molecule has 112 valence electrons. The van der Waals surface area contributed by atoms with Crippen molar-refractivity contribution in [3.63, 3.8) is 0 Å². The Morgan fingerprint density at radius 1 is 1.25 bits per heavy atom. The first-order valence-corrected chi connectivity index (χ1v) is 8.53. The second-order valence-corrected chi connectivity index (χ2v) is 6.52. The van der Waals surface area contributed by atoms with Crippen LogP contribution < -0.4 is 5.09 Å². The first kappa shape index (κ1) is 16.9. The first-order valence-electron chi connectivity index (χ1n) is 6.72. The fourth-order valence-electron chi connectivity index (χ4n) is 1.78. The third-order valence-electron chi connectivity index (χ3n) is 2.60. The molecule has 1 aromatic carbocycles. The van der Waals surface area contributed by atoms with Crippen molar-refractivity contribution in [3.8, 4) is 0 Å². The third-order valence-corrected chi connectivity index (χ3v) is 4.84. The largest absolute Gasteiger partial charge is 0.465 e. The minimum absolute atomic E-state index is 0.241. The summed E-state index contributed by atoms with van der Waals surface area (Å²) in [5.74, 6) is -0.430. The van der Waals surface area contributed by atoms with Gasteiger partial charge in [-0.25, -0.2) is 5.09 Å². The van der Waals surface area contributed by atoms with E-state index < -0.39 is 19.5 Å². The molecule has 20 heavy (non-hydrogen) atoms. The number of rotatable bonds is 8. The second-order valence-electron chi connectivity index (χ2n) is 4.34.